The summed E-state index contributed by atoms with van der Waals surface area (Å²) in [4.78, 5) is 27.4. The van der Waals surface area contributed by atoms with Crippen LogP contribution in [0.4, 0.5) is 0 Å². The Hall–Kier alpha value is -2.61. The Morgan fingerprint density at radius 1 is 1.33 bits per heavy atom. The summed E-state index contributed by atoms with van der Waals surface area (Å²) in [6.07, 6.45) is 2.09. The number of amides is 1. The number of likely N-dealkylation sites (tertiary alicyclic amines) is 1. The molecule has 1 atom stereocenters. The van der Waals surface area contributed by atoms with Crippen LogP contribution in [-0.2, 0) is 31.4 Å². The van der Waals surface area contributed by atoms with E-state index in [-0.39, 0.29) is 23.9 Å². The van der Waals surface area contributed by atoms with Gasteiger partial charge in [-0.3, -0.25) is 14.5 Å². The van der Waals surface area contributed by atoms with Crippen LogP contribution >= 0.6 is 11.6 Å². The number of β-amino-alcohol motifs (C(OH)–C–C–N with tert-alkyl or cyclic N) is 1. The smallest absolute Gasteiger partial charge is 0.224 e. The molecule has 2 aromatic heterocycles. The summed E-state index contributed by atoms with van der Waals surface area (Å²) in [7, 11) is 1.80. The van der Waals surface area contributed by atoms with Gasteiger partial charge in [0, 0.05) is 43.5 Å². The average molecular weight is 430 g/mol. The molecule has 3 aromatic rings. The second-order valence-electron chi connectivity index (χ2n) is 7.78. The zero-order valence-electron chi connectivity index (χ0n) is 16.7. The highest BCUT2D eigenvalue weighted by Crippen LogP contribution is 2.20. The summed E-state index contributed by atoms with van der Waals surface area (Å²) < 4.78 is 7.62. The molecule has 1 amide bonds. The zero-order chi connectivity index (χ0) is 21.3. The minimum atomic E-state index is -0.307. The molecule has 1 aliphatic rings. The van der Waals surface area contributed by atoms with Crippen LogP contribution in [0.3, 0.4) is 0 Å². The van der Waals surface area contributed by atoms with Crippen LogP contribution in [0.1, 0.15) is 23.3 Å². The number of carbonyl (C=O) groups is 1. The molecular formula is C22H24ClN3O4. The molecule has 0 radical (unpaired) electrons. The maximum Gasteiger partial charge on any atom is 0.224 e. The lowest BCUT2D eigenvalue weighted by Gasteiger charge is -2.12. The van der Waals surface area contributed by atoms with E-state index in [4.69, 9.17) is 16.0 Å². The molecule has 0 bridgehead atoms. The molecule has 1 fully saturated rings. The van der Waals surface area contributed by atoms with Crippen molar-refractivity contribution in [2.75, 3.05) is 13.1 Å². The van der Waals surface area contributed by atoms with Crippen molar-refractivity contribution >= 4 is 28.6 Å². The summed E-state index contributed by atoms with van der Waals surface area (Å²) in [6, 6.07) is 8.98. The largest absolute Gasteiger partial charge is 0.443 e. The molecule has 0 aliphatic carbocycles. The number of aromatic nitrogens is 1. The van der Waals surface area contributed by atoms with E-state index in [0.29, 0.717) is 47.1 Å². The summed E-state index contributed by atoms with van der Waals surface area (Å²) in [6.45, 7) is 2.32. The number of fused-ring (bicyclic) bond motifs is 1. The standard InChI is InChI=1S/C22H24ClN3O4/c1-25-11-15(8-20(28)24-10-14-2-4-16(23)5-3-14)21(29)19-9-18(30-22(19)25)13-26-7-6-17(27)12-26/h2-5,9,11,17,27H,6-8,10,12-13H2,1H3,(H,24,28)/t17-/m1/s1. The van der Waals surface area contributed by atoms with Crippen molar-refractivity contribution in [2.45, 2.75) is 32.0 Å². The van der Waals surface area contributed by atoms with Crippen LogP contribution in [0.25, 0.3) is 11.1 Å². The van der Waals surface area contributed by atoms with Crippen molar-refractivity contribution in [1.82, 2.24) is 14.8 Å². The SMILES string of the molecule is Cn1cc(CC(=O)NCc2ccc(Cl)cc2)c(=O)c2cc(CN3CC[C@@H](O)C3)oc21. The predicted molar refractivity (Wildman–Crippen MR) is 114 cm³/mol. The van der Waals surface area contributed by atoms with Gasteiger partial charge >= 0.3 is 0 Å². The third-order valence-corrected chi connectivity index (χ3v) is 5.60. The fourth-order valence-electron chi connectivity index (χ4n) is 3.80. The summed E-state index contributed by atoms with van der Waals surface area (Å²) in [5.74, 6) is 0.451. The molecule has 0 unspecified atom stereocenters. The summed E-state index contributed by atoms with van der Waals surface area (Å²) >= 11 is 5.87. The number of hydrogen-bond acceptors (Lipinski definition) is 5. The summed E-state index contributed by atoms with van der Waals surface area (Å²) in [5, 5.41) is 13.6. The number of nitrogens with zero attached hydrogens (tertiary/aromatic N) is 2. The molecule has 30 heavy (non-hydrogen) atoms. The quantitative estimate of drug-likeness (QED) is 0.627. The fraction of sp³-hybridized carbons (Fsp3) is 0.364. The zero-order valence-corrected chi connectivity index (χ0v) is 17.5. The van der Waals surface area contributed by atoms with Gasteiger partial charge in [-0.1, -0.05) is 23.7 Å². The number of halogens is 1. The van der Waals surface area contributed by atoms with Crippen molar-refractivity contribution in [3.8, 4) is 0 Å². The number of aliphatic hydroxyl groups is 1. The molecule has 1 aromatic carbocycles. The van der Waals surface area contributed by atoms with E-state index < -0.39 is 0 Å². The number of aryl methyl sites for hydroxylation is 1. The van der Waals surface area contributed by atoms with Crippen LogP contribution in [0.5, 0.6) is 0 Å². The number of hydrogen-bond donors (Lipinski definition) is 2. The van der Waals surface area contributed by atoms with E-state index in [9.17, 15) is 14.7 Å². The van der Waals surface area contributed by atoms with Gasteiger partial charge in [0.2, 0.25) is 11.6 Å². The van der Waals surface area contributed by atoms with Crippen molar-refractivity contribution in [3.63, 3.8) is 0 Å². The molecular weight excluding hydrogens is 406 g/mol. The van der Waals surface area contributed by atoms with Crippen molar-refractivity contribution in [1.29, 1.82) is 0 Å². The summed E-state index contributed by atoms with van der Waals surface area (Å²) in [5.41, 5.74) is 1.64. The molecule has 158 valence electrons. The Morgan fingerprint density at radius 2 is 2.10 bits per heavy atom. The Kier molecular flexibility index (Phi) is 5.94. The van der Waals surface area contributed by atoms with E-state index in [2.05, 4.69) is 10.2 Å². The molecule has 1 aliphatic heterocycles. The molecule has 0 spiro atoms. The molecule has 8 heteroatoms. The first-order valence-electron chi connectivity index (χ1n) is 9.91. The number of aliphatic hydroxyl groups excluding tert-OH is 1. The first-order valence-corrected chi connectivity index (χ1v) is 10.3. The van der Waals surface area contributed by atoms with Gasteiger partial charge in [0.1, 0.15) is 5.76 Å². The number of rotatable bonds is 6. The fourth-order valence-corrected chi connectivity index (χ4v) is 3.92. The Balaban J connectivity index is 1.47. The van der Waals surface area contributed by atoms with Crippen molar-refractivity contribution < 1.29 is 14.3 Å². The molecule has 3 heterocycles. The average Bonchev–Trinajstić information content (AvgIpc) is 3.32. The van der Waals surface area contributed by atoms with Gasteiger partial charge in [0.25, 0.3) is 0 Å². The second-order valence-corrected chi connectivity index (χ2v) is 8.22. The number of carbonyl (C=O) groups excluding carboxylic acids is 1. The lowest BCUT2D eigenvalue weighted by atomic mass is 10.1. The lowest BCUT2D eigenvalue weighted by molar-refractivity contribution is -0.120. The number of benzene rings is 1. The maximum atomic E-state index is 12.9. The van der Waals surface area contributed by atoms with E-state index in [1.807, 2.05) is 12.1 Å². The van der Waals surface area contributed by atoms with E-state index in [0.717, 1.165) is 18.5 Å². The van der Waals surface area contributed by atoms with Crippen molar-refractivity contribution in [3.05, 3.63) is 68.7 Å². The van der Waals surface area contributed by atoms with Gasteiger partial charge < -0.3 is 19.4 Å². The van der Waals surface area contributed by atoms with Crippen LogP contribution in [0.15, 0.2) is 45.7 Å². The van der Waals surface area contributed by atoms with Gasteiger partial charge in [-0.25, -0.2) is 0 Å². The molecule has 2 N–H and O–H groups in total. The highest BCUT2D eigenvalue weighted by atomic mass is 35.5. The first-order chi connectivity index (χ1) is 14.4. The van der Waals surface area contributed by atoms with Gasteiger partial charge in [-0.05, 0) is 30.2 Å². The topological polar surface area (TPSA) is 87.7 Å². The van der Waals surface area contributed by atoms with Gasteiger partial charge in [-0.15, -0.1) is 0 Å². The van der Waals surface area contributed by atoms with E-state index in [1.165, 1.54) is 0 Å². The van der Waals surface area contributed by atoms with Gasteiger partial charge in [0.15, 0.2) is 5.43 Å². The van der Waals surface area contributed by atoms with Gasteiger partial charge in [-0.2, -0.15) is 0 Å². The second kappa shape index (κ2) is 8.63. The van der Waals surface area contributed by atoms with Gasteiger partial charge in [0.05, 0.1) is 24.5 Å². The number of furan rings is 1. The van der Waals surface area contributed by atoms with Crippen LogP contribution in [0.2, 0.25) is 5.02 Å². The monoisotopic (exact) mass is 429 g/mol. The number of nitrogens with one attached hydrogen (secondary N) is 1. The predicted octanol–water partition coefficient (Wildman–Crippen LogP) is 2.21. The molecule has 1 saturated heterocycles. The van der Waals surface area contributed by atoms with Crippen LogP contribution in [-0.4, -0.2) is 39.7 Å². The Labute approximate surface area is 178 Å². The minimum Gasteiger partial charge on any atom is -0.443 e. The Bertz CT molecular complexity index is 1120. The minimum absolute atomic E-state index is 0.00493. The van der Waals surface area contributed by atoms with E-state index >= 15 is 0 Å². The Morgan fingerprint density at radius 3 is 2.80 bits per heavy atom. The third kappa shape index (κ3) is 4.59. The van der Waals surface area contributed by atoms with Crippen molar-refractivity contribution in [2.24, 2.45) is 7.05 Å². The molecule has 0 saturated carbocycles. The molecule has 7 nitrogen and oxygen atoms in total. The lowest BCUT2D eigenvalue weighted by Crippen LogP contribution is -2.27. The van der Waals surface area contributed by atoms with Crippen LogP contribution < -0.4 is 10.7 Å². The maximum absolute atomic E-state index is 12.9. The van der Waals surface area contributed by atoms with Crippen LogP contribution in [0, 0.1) is 0 Å². The first kappa shape index (κ1) is 20.7. The third-order valence-electron chi connectivity index (χ3n) is 5.35. The van der Waals surface area contributed by atoms with E-state index in [1.54, 1.807) is 36.0 Å². The highest BCUT2D eigenvalue weighted by Gasteiger charge is 2.22. The normalized spacial score (nSPS) is 17.0. The highest BCUT2D eigenvalue weighted by molar-refractivity contribution is 6.30. The molecule has 4 rings (SSSR count). The number of pyridine rings is 1.